The van der Waals surface area contributed by atoms with Gasteiger partial charge < -0.3 is 10.2 Å². The van der Waals surface area contributed by atoms with E-state index in [0.29, 0.717) is 13.1 Å². The number of piperazine rings is 1. The molecule has 1 fully saturated rings. The maximum absolute atomic E-state index is 12.9. The molecule has 2 amide bonds. The van der Waals surface area contributed by atoms with Crippen molar-refractivity contribution in [1.82, 2.24) is 9.80 Å². The summed E-state index contributed by atoms with van der Waals surface area (Å²) < 4.78 is 0. The van der Waals surface area contributed by atoms with Crippen molar-refractivity contribution in [2.75, 3.05) is 31.5 Å². The summed E-state index contributed by atoms with van der Waals surface area (Å²) in [6.07, 6.45) is 0.244. The molecule has 0 aromatic heterocycles. The summed E-state index contributed by atoms with van der Waals surface area (Å²) in [4.78, 5) is 30.6. The van der Waals surface area contributed by atoms with Crippen LogP contribution in [0.4, 0.5) is 5.69 Å². The Labute approximate surface area is 186 Å². The quantitative estimate of drug-likeness (QED) is 0.679. The molecular weight excluding hydrogens is 406 g/mol. The van der Waals surface area contributed by atoms with Crippen LogP contribution in [0.5, 0.6) is 0 Å². The number of rotatable bonds is 4. The standard InChI is InChI=1S/C25H25N3O2S/c29-24(16-23-25(30)26-21-10-3-4-11-22(21)31-23)28-14-12-27(13-15-28)17-19-8-5-7-18-6-1-2-9-20(18)19/h1-11,23H,12-17H2,(H,26,30)/t23-/m0/s1. The molecule has 0 radical (unpaired) electrons. The van der Waals surface area contributed by atoms with Crippen LogP contribution in [-0.2, 0) is 16.1 Å². The van der Waals surface area contributed by atoms with E-state index in [1.165, 1.54) is 28.1 Å². The van der Waals surface area contributed by atoms with E-state index in [1.807, 2.05) is 29.2 Å². The number of para-hydroxylation sites is 1. The predicted molar refractivity (Wildman–Crippen MR) is 125 cm³/mol. The van der Waals surface area contributed by atoms with Gasteiger partial charge in [-0.2, -0.15) is 0 Å². The molecule has 1 atom stereocenters. The minimum atomic E-state index is -0.365. The average molecular weight is 432 g/mol. The van der Waals surface area contributed by atoms with E-state index in [9.17, 15) is 9.59 Å². The van der Waals surface area contributed by atoms with Gasteiger partial charge in [0.15, 0.2) is 0 Å². The molecule has 6 heteroatoms. The number of hydrogen-bond acceptors (Lipinski definition) is 4. The molecule has 1 saturated heterocycles. The van der Waals surface area contributed by atoms with E-state index in [2.05, 4.69) is 52.7 Å². The van der Waals surface area contributed by atoms with Crippen molar-refractivity contribution in [2.24, 2.45) is 0 Å². The zero-order valence-electron chi connectivity index (χ0n) is 17.3. The number of hydrogen-bond donors (Lipinski definition) is 1. The van der Waals surface area contributed by atoms with E-state index in [-0.39, 0.29) is 23.5 Å². The first kappa shape index (κ1) is 20.1. The molecular formula is C25H25N3O2S. The van der Waals surface area contributed by atoms with Gasteiger partial charge in [-0.3, -0.25) is 14.5 Å². The number of carbonyl (C=O) groups excluding carboxylic acids is 2. The second-order valence-electron chi connectivity index (χ2n) is 8.09. The predicted octanol–water partition coefficient (Wildman–Crippen LogP) is 3.99. The Bertz CT molecular complexity index is 1120. The van der Waals surface area contributed by atoms with Crippen molar-refractivity contribution in [3.8, 4) is 0 Å². The van der Waals surface area contributed by atoms with E-state index in [4.69, 9.17) is 0 Å². The lowest BCUT2D eigenvalue weighted by Crippen LogP contribution is -2.49. The minimum absolute atomic E-state index is 0.0665. The summed E-state index contributed by atoms with van der Waals surface area (Å²) in [5.74, 6) is -0.0107. The van der Waals surface area contributed by atoms with Crippen molar-refractivity contribution in [1.29, 1.82) is 0 Å². The number of carbonyl (C=O) groups is 2. The second-order valence-corrected chi connectivity index (χ2v) is 9.34. The number of nitrogens with zero attached hydrogens (tertiary/aromatic N) is 2. The number of amides is 2. The van der Waals surface area contributed by atoms with Crippen LogP contribution in [0, 0.1) is 0 Å². The average Bonchev–Trinajstić information content (AvgIpc) is 2.80. The number of thioether (sulfide) groups is 1. The molecule has 0 spiro atoms. The maximum Gasteiger partial charge on any atom is 0.238 e. The highest BCUT2D eigenvalue weighted by Crippen LogP contribution is 2.36. The van der Waals surface area contributed by atoms with E-state index in [0.717, 1.165) is 30.2 Å². The van der Waals surface area contributed by atoms with Gasteiger partial charge in [-0.1, -0.05) is 54.6 Å². The van der Waals surface area contributed by atoms with Crippen LogP contribution in [0.2, 0.25) is 0 Å². The molecule has 5 rings (SSSR count). The Balaban J connectivity index is 1.17. The molecule has 0 bridgehead atoms. The Morgan fingerprint density at radius 1 is 0.935 bits per heavy atom. The molecule has 5 nitrogen and oxygen atoms in total. The Hall–Kier alpha value is -2.83. The normalized spacial score (nSPS) is 19.2. The highest BCUT2D eigenvalue weighted by atomic mass is 32.2. The summed E-state index contributed by atoms with van der Waals surface area (Å²) in [6, 6.07) is 22.7. The smallest absolute Gasteiger partial charge is 0.238 e. The maximum atomic E-state index is 12.9. The van der Waals surface area contributed by atoms with Crippen LogP contribution >= 0.6 is 11.8 Å². The number of fused-ring (bicyclic) bond motifs is 2. The fourth-order valence-electron chi connectivity index (χ4n) is 4.34. The van der Waals surface area contributed by atoms with Crippen LogP contribution in [0.3, 0.4) is 0 Å². The Kier molecular flexibility index (Phi) is 5.66. The van der Waals surface area contributed by atoms with Crippen molar-refractivity contribution < 1.29 is 9.59 Å². The highest BCUT2D eigenvalue weighted by Gasteiger charge is 2.31. The van der Waals surface area contributed by atoms with Gasteiger partial charge in [-0.05, 0) is 28.5 Å². The summed E-state index contributed by atoms with van der Waals surface area (Å²) in [5.41, 5.74) is 2.16. The third-order valence-electron chi connectivity index (χ3n) is 6.07. The zero-order chi connectivity index (χ0) is 21.2. The number of nitrogens with one attached hydrogen (secondary N) is 1. The van der Waals surface area contributed by atoms with Crippen LogP contribution in [0.1, 0.15) is 12.0 Å². The molecule has 0 saturated carbocycles. The lowest BCUT2D eigenvalue weighted by molar-refractivity contribution is -0.134. The van der Waals surface area contributed by atoms with Crippen LogP contribution in [0.25, 0.3) is 10.8 Å². The van der Waals surface area contributed by atoms with Gasteiger partial charge in [0.25, 0.3) is 0 Å². The Morgan fingerprint density at radius 2 is 1.68 bits per heavy atom. The van der Waals surface area contributed by atoms with Crippen molar-refractivity contribution in [3.05, 3.63) is 72.3 Å². The molecule has 31 heavy (non-hydrogen) atoms. The third-order valence-corrected chi connectivity index (χ3v) is 7.34. The molecule has 3 aromatic carbocycles. The number of anilines is 1. The van der Waals surface area contributed by atoms with Gasteiger partial charge in [0.2, 0.25) is 11.8 Å². The van der Waals surface area contributed by atoms with Crippen LogP contribution in [0.15, 0.2) is 71.6 Å². The molecule has 0 aliphatic carbocycles. The van der Waals surface area contributed by atoms with E-state index in [1.54, 1.807) is 0 Å². The summed E-state index contributed by atoms with van der Waals surface area (Å²) in [7, 11) is 0. The first-order chi connectivity index (χ1) is 15.2. The monoisotopic (exact) mass is 431 g/mol. The minimum Gasteiger partial charge on any atom is -0.340 e. The molecule has 158 valence electrons. The lowest BCUT2D eigenvalue weighted by Gasteiger charge is -2.35. The molecule has 2 heterocycles. The second kappa shape index (κ2) is 8.73. The van der Waals surface area contributed by atoms with E-state index < -0.39 is 0 Å². The fourth-order valence-corrected chi connectivity index (χ4v) is 5.44. The van der Waals surface area contributed by atoms with Crippen LogP contribution in [-0.4, -0.2) is 53.0 Å². The first-order valence-corrected chi connectivity index (χ1v) is 11.6. The largest absolute Gasteiger partial charge is 0.340 e. The van der Waals surface area contributed by atoms with Crippen molar-refractivity contribution in [2.45, 2.75) is 23.1 Å². The Morgan fingerprint density at radius 3 is 2.55 bits per heavy atom. The van der Waals surface area contributed by atoms with Gasteiger partial charge in [-0.15, -0.1) is 11.8 Å². The molecule has 0 unspecified atom stereocenters. The molecule has 1 N–H and O–H groups in total. The van der Waals surface area contributed by atoms with Gasteiger partial charge in [0, 0.05) is 44.0 Å². The first-order valence-electron chi connectivity index (χ1n) is 10.7. The third kappa shape index (κ3) is 4.31. The summed E-state index contributed by atoms with van der Waals surface area (Å²) in [5, 5.41) is 5.12. The van der Waals surface area contributed by atoms with Gasteiger partial charge >= 0.3 is 0 Å². The topological polar surface area (TPSA) is 52.7 Å². The van der Waals surface area contributed by atoms with E-state index >= 15 is 0 Å². The SMILES string of the molecule is O=C1Nc2ccccc2S[C@H]1CC(=O)N1CCN(Cc2cccc3ccccc23)CC1. The highest BCUT2D eigenvalue weighted by molar-refractivity contribution is 8.01. The lowest BCUT2D eigenvalue weighted by atomic mass is 10.0. The van der Waals surface area contributed by atoms with Gasteiger partial charge in [-0.25, -0.2) is 0 Å². The molecule has 2 aliphatic heterocycles. The molecule has 2 aliphatic rings. The van der Waals surface area contributed by atoms with Crippen LogP contribution < -0.4 is 5.32 Å². The van der Waals surface area contributed by atoms with Gasteiger partial charge in [0.1, 0.15) is 0 Å². The summed E-state index contributed by atoms with van der Waals surface area (Å²) in [6.45, 7) is 4.00. The van der Waals surface area contributed by atoms with Crippen molar-refractivity contribution >= 4 is 40.0 Å². The van der Waals surface area contributed by atoms with Gasteiger partial charge in [0.05, 0.1) is 10.9 Å². The zero-order valence-corrected chi connectivity index (χ0v) is 18.1. The number of benzene rings is 3. The fraction of sp³-hybridized carbons (Fsp3) is 0.280. The van der Waals surface area contributed by atoms with Crippen molar-refractivity contribution in [3.63, 3.8) is 0 Å². The molecule has 3 aromatic rings. The summed E-state index contributed by atoms with van der Waals surface area (Å²) >= 11 is 1.49.